The van der Waals surface area contributed by atoms with Crippen molar-refractivity contribution in [1.82, 2.24) is 25.5 Å². The number of methoxy groups -OCH3 is 1. The van der Waals surface area contributed by atoms with Gasteiger partial charge in [-0.05, 0) is 45.4 Å². The summed E-state index contributed by atoms with van der Waals surface area (Å²) in [7, 11) is 1.69. The van der Waals surface area contributed by atoms with Gasteiger partial charge in [0, 0.05) is 32.4 Å². The Bertz CT molecular complexity index is 939. The van der Waals surface area contributed by atoms with Crippen LogP contribution in [0.1, 0.15) is 27.2 Å². The van der Waals surface area contributed by atoms with Gasteiger partial charge in [-0.1, -0.05) is 11.3 Å². The zero-order valence-corrected chi connectivity index (χ0v) is 20.4. The van der Waals surface area contributed by atoms with Gasteiger partial charge < -0.3 is 30.2 Å². The van der Waals surface area contributed by atoms with E-state index in [4.69, 9.17) is 19.3 Å². The van der Waals surface area contributed by atoms with Gasteiger partial charge in [-0.15, -0.1) is 0 Å². The number of aromatic nitrogens is 2. The highest BCUT2D eigenvalue weighted by atomic mass is 32.1. The van der Waals surface area contributed by atoms with Crippen molar-refractivity contribution in [2.45, 2.75) is 44.9 Å². The molecule has 4 rings (SSSR count). The standard InChI is InChI=1S/C21H31N7O2S.CH2O/c1-21(2,3)30-13-28-9-7-14(11-28)23-19-24-15(12-29-4)10-17(26-19)27-20-25-16-6-5-8-22-18(16)31-20;1-2/h5-6,8,10,14-15H,7,9,11-13H2,1-4H3,(H,25,27)(H2,23,24,26);1H2. The first-order valence-electron chi connectivity index (χ1n) is 10.8. The van der Waals surface area contributed by atoms with Crippen LogP contribution in [0.3, 0.4) is 0 Å². The quantitative estimate of drug-likeness (QED) is 0.554. The molecule has 0 saturated carbocycles. The zero-order valence-electron chi connectivity index (χ0n) is 19.6. The van der Waals surface area contributed by atoms with Crippen LogP contribution in [0, 0.1) is 0 Å². The highest BCUT2D eigenvalue weighted by molar-refractivity contribution is 7.21. The molecule has 0 amide bonds. The molecule has 1 saturated heterocycles. The molecule has 3 N–H and O–H groups in total. The van der Waals surface area contributed by atoms with E-state index in [1.807, 2.05) is 25.0 Å². The number of fused-ring (bicyclic) bond motifs is 1. The Hall–Kier alpha value is -2.60. The van der Waals surface area contributed by atoms with Gasteiger partial charge in [0.15, 0.2) is 11.1 Å². The van der Waals surface area contributed by atoms with Crippen LogP contribution in [0.5, 0.6) is 0 Å². The molecule has 0 aromatic carbocycles. The highest BCUT2D eigenvalue weighted by Gasteiger charge is 2.26. The summed E-state index contributed by atoms with van der Waals surface area (Å²) in [6.07, 6.45) is 4.84. The van der Waals surface area contributed by atoms with Crippen LogP contribution >= 0.6 is 11.3 Å². The monoisotopic (exact) mass is 475 g/mol. The molecular formula is C22H33N7O3S. The lowest BCUT2D eigenvalue weighted by Crippen LogP contribution is -2.48. The number of aliphatic imine (C=N–C) groups is 1. The SMILES string of the molecule is C=O.COCC1C=C(Nc2nc3cccnc3s2)NC(NC2CCN(COC(C)(C)C)C2)=N1. The summed E-state index contributed by atoms with van der Waals surface area (Å²) in [5.74, 6) is 1.58. The third-order valence-corrected chi connectivity index (χ3v) is 5.84. The molecule has 33 heavy (non-hydrogen) atoms. The van der Waals surface area contributed by atoms with Crippen molar-refractivity contribution in [3.8, 4) is 0 Å². The average Bonchev–Trinajstić information content (AvgIpc) is 3.39. The molecule has 2 atom stereocenters. The van der Waals surface area contributed by atoms with Crippen LogP contribution in [0.25, 0.3) is 10.3 Å². The second-order valence-corrected chi connectivity index (χ2v) is 9.75. The summed E-state index contributed by atoms with van der Waals surface area (Å²) in [5.41, 5.74) is 0.755. The smallest absolute Gasteiger partial charge is 0.197 e. The molecule has 4 heterocycles. The largest absolute Gasteiger partial charge is 0.382 e. The van der Waals surface area contributed by atoms with Crippen molar-refractivity contribution in [2.24, 2.45) is 4.99 Å². The number of nitrogens with zero attached hydrogens (tertiary/aromatic N) is 4. The Morgan fingerprint density at radius 1 is 1.36 bits per heavy atom. The van der Waals surface area contributed by atoms with Crippen molar-refractivity contribution in [2.75, 3.05) is 38.9 Å². The number of carbonyl (C=O) groups excluding carboxylic acids is 1. The fraction of sp³-hybridized carbons (Fsp3) is 0.545. The molecule has 2 unspecified atom stereocenters. The second kappa shape index (κ2) is 11.5. The number of rotatable bonds is 7. The average molecular weight is 476 g/mol. The number of likely N-dealkylation sites (tertiary alicyclic amines) is 1. The minimum Gasteiger partial charge on any atom is -0.382 e. The van der Waals surface area contributed by atoms with Crippen LogP contribution in [-0.4, -0.2) is 78.8 Å². The van der Waals surface area contributed by atoms with Crippen molar-refractivity contribution in [1.29, 1.82) is 0 Å². The van der Waals surface area contributed by atoms with E-state index in [9.17, 15) is 0 Å². The fourth-order valence-corrected chi connectivity index (χ4v) is 4.30. The van der Waals surface area contributed by atoms with E-state index in [1.165, 1.54) is 11.3 Å². The molecule has 0 spiro atoms. The van der Waals surface area contributed by atoms with Gasteiger partial charge in [0.2, 0.25) is 0 Å². The lowest BCUT2D eigenvalue weighted by molar-refractivity contribution is -0.0980. The minimum atomic E-state index is -0.130. The van der Waals surface area contributed by atoms with Crippen molar-refractivity contribution in [3.63, 3.8) is 0 Å². The first-order valence-corrected chi connectivity index (χ1v) is 11.7. The molecule has 1 fully saturated rings. The Labute approximate surface area is 198 Å². The Kier molecular flexibility index (Phi) is 8.73. The third kappa shape index (κ3) is 7.46. The van der Waals surface area contributed by atoms with Crippen LogP contribution in [-0.2, 0) is 14.3 Å². The lowest BCUT2D eigenvalue weighted by Gasteiger charge is -2.26. The van der Waals surface area contributed by atoms with Gasteiger partial charge in [-0.25, -0.2) is 15.0 Å². The molecule has 2 aromatic heterocycles. The van der Waals surface area contributed by atoms with Gasteiger partial charge in [0.25, 0.3) is 0 Å². The summed E-state index contributed by atoms with van der Waals surface area (Å²) < 4.78 is 11.3. The summed E-state index contributed by atoms with van der Waals surface area (Å²) in [4.78, 5) is 25.0. The Morgan fingerprint density at radius 2 is 2.18 bits per heavy atom. The maximum absolute atomic E-state index is 8.00. The third-order valence-electron chi connectivity index (χ3n) is 4.95. The van der Waals surface area contributed by atoms with Crippen LogP contribution in [0.2, 0.25) is 0 Å². The van der Waals surface area contributed by atoms with Crippen molar-refractivity contribution < 1.29 is 14.3 Å². The first-order chi connectivity index (χ1) is 15.9. The molecule has 10 nitrogen and oxygen atoms in total. The molecule has 2 aliphatic heterocycles. The summed E-state index contributed by atoms with van der Waals surface area (Å²) in [5, 5.41) is 11.1. The fourth-order valence-electron chi connectivity index (χ4n) is 3.48. The number of carbonyl (C=O) groups is 1. The number of thiazole rings is 1. The van der Waals surface area contributed by atoms with E-state index < -0.39 is 0 Å². The van der Waals surface area contributed by atoms with Gasteiger partial charge in [0.05, 0.1) is 25.0 Å². The van der Waals surface area contributed by atoms with E-state index in [-0.39, 0.29) is 11.6 Å². The number of anilines is 1. The van der Waals surface area contributed by atoms with Gasteiger partial charge >= 0.3 is 0 Å². The number of ether oxygens (including phenoxy) is 2. The number of hydrogen-bond acceptors (Lipinski definition) is 11. The first kappa shape index (κ1) is 25.0. The normalized spacial score (nSPS) is 21.0. The van der Waals surface area contributed by atoms with E-state index in [0.29, 0.717) is 19.4 Å². The van der Waals surface area contributed by atoms with Gasteiger partial charge in [-0.3, -0.25) is 4.90 Å². The Morgan fingerprint density at radius 3 is 2.91 bits per heavy atom. The van der Waals surface area contributed by atoms with Gasteiger partial charge in [0.1, 0.15) is 23.0 Å². The molecule has 180 valence electrons. The molecule has 0 radical (unpaired) electrons. The minimum absolute atomic E-state index is 0.0783. The van der Waals surface area contributed by atoms with E-state index in [2.05, 4.69) is 51.6 Å². The second-order valence-electron chi connectivity index (χ2n) is 8.77. The lowest BCUT2D eigenvalue weighted by atomic mass is 10.2. The van der Waals surface area contributed by atoms with Crippen LogP contribution in [0.4, 0.5) is 5.13 Å². The number of pyridine rings is 1. The van der Waals surface area contributed by atoms with Crippen LogP contribution in [0.15, 0.2) is 35.2 Å². The molecule has 2 aromatic rings. The van der Waals surface area contributed by atoms with E-state index >= 15 is 0 Å². The molecular weight excluding hydrogens is 442 g/mol. The van der Waals surface area contributed by atoms with Crippen molar-refractivity contribution in [3.05, 3.63) is 30.2 Å². The summed E-state index contributed by atoms with van der Waals surface area (Å²) in [6, 6.07) is 4.09. The predicted molar refractivity (Wildman–Crippen MR) is 131 cm³/mol. The molecule has 2 aliphatic rings. The summed E-state index contributed by atoms with van der Waals surface area (Å²) >= 11 is 1.52. The van der Waals surface area contributed by atoms with E-state index in [0.717, 1.165) is 46.8 Å². The van der Waals surface area contributed by atoms with Gasteiger partial charge in [-0.2, -0.15) is 0 Å². The maximum Gasteiger partial charge on any atom is 0.197 e. The molecule has 0 aliphatic carbocycles. The topological polar surface area (TPSA) is 113 Å². The molecule has 0 bridgehead atoms. The number of nitrogens with one attached hydrogen (secondary N) is 3. The van der Waals surface area contributed by atoms with Crippen molar-refractivity contribution >= 4 is 39.6 Å². The Balaban J connectivity index is 0.00000149. The molecule has 11 heteroatoms. The van der Waals surface area contributed by atoms with Crippen LogP contribution < -0.4 is 16.0 Å². The predicted octanol–water partition coefficient (Wildman–Crippen LogP) is 2.17. The number of hydrogen-bond donors (Lipinski definition) is 3. The summed E-state index contributed by atoms with van der Waals surface area (Å²) in [6.45, 7) is 11.3. The zero-order chi connectivity index (χ0) is 23.8. The van der Waals surface area contributed by atoms with E-state index in [1.54, 1.807) is 13.3 Å². The highest BCUT2D eigenvalue weighted by Crippen LogP contribution is 2.24. The number of guanidine groups is 1. The maximum atomic E-state index is 8.00.